The zero-order chi connectivity index (χ0) is 25.4. The third-order valence-electron chi connectivity index (χ3n) is 6.15. The predicted octanol–water partition coefficient (Wildman–Crippen LogP) is 4.48. The Bertz CT molecular complexity index is 1320. The van der Waals surface area contributed by atoms with E-state index in [9.17, 15) is 13.2 Å². The highest BCUT2D eigenvalue weighted by Gasteiger charge is 2.35. The van der Waals surface area contributed by atoms with Crippen LogP contribution in [0.25, 0.3) is 20.8 Å². The van der Waals surface area contributed by atoms with Crippen molar-refractivity contribution in [2.24, 2.45) is 4.99 Å². The lowest BCUT2D eigenvalue weighted by atomic mass is 10.1. The van der Waals surface area contributed by atoms with Gasteiger partial charge in [0.1, 0.15) is 0 Å². The van der Waals surface area contributed by atoms with E-state index in [1.807, 2.05) is 12.3 Å². The number of anilines is 1. The maximum Gasteiger partial charge on any atom is 0.446 e. The van der Waals surface area contributed by atoms with Gasteiger partial charge < -0.3 is 19.6 Å². The molecule has 36 heavy (non-hydrogen) atoms. The number of hydrogen-bond donors (Lipinski definition) is 2. The van der Waals surface area contributed by atoms with Gasteiger partial charge in [0.2, 0.25) is 11.8 Å². The SMILES string of the molecule is CN1CCC(Nc2cccc3c(SC(F)(F)F)c(-c4noc(C5CN(C)C(NC#N)=N5)n4)sc23)CC1. The van der Waals surface area contributed by atoms with Crippen molar-refractivity contribution in [2.45, 2.75) is 35.3 Å². The molecule has 1 unspecified atom stereocenters. The standard InChI is InChI=1S/C22H23F3N8OS2/c1-32-8-6-12(7-9-32)28-14-5-3-4-13-16(14)35-18(17(13)36-22(23,24)25)19-30-20(34-31-19)15-10-33(2)21(29-15)27-11-26/h3-5,12,15,28H,6-10H2,1-2H3,(H,27,29). The second kappa shape index (κ2) is 9.79. The number of nitrogens with one attached hydrogen (secondary N) is 2. The molecule has 2 aliphatic heterocycles. The average molecular weight is 537 g/mol. The molecule has 2 aromatic heterocycles. The van der Waals surface area contributed by atoms with Gasteiger partial charge in [-0.2, -0.15) is 23.4 Å². The van der Waals surface area contributed by atoms with E-state index in [0.29, 0.717) is 22.8 Å². The average Bonchev–Trinajstić information content (AvgIpc) is 3.53. The Hall–Kier alpha value is -3.02. The Morgan fingerprint density at radius 1 is 1.25 bits per heavy atom. The molecular weight excluding hydrogens is 513 g/mol. The highest BCUT2D eigenvalue weighted by molar-refractivity contribution is 8.00. The summed E-state index contributed by atoms with van der Waals surface area (Å²) in [6, 6.07) is 5.09. The van der Waals surface area contributed by atoms with Gasteiger partial charge in [0.05, 0.1) is 21.8 Å². The molecule has 1 atom stereocenters. The van der Waals surface area contributed by atoms with Crippen LogP contribution in [-0.2, 0) is 0 Å². The number of likely N-dealkylation sites (tertiary alicyclic amines) is 1. The van der Waals surface area contributed by atoms with E-state index in [-0.39, 0.29) is 34.4 Å². The van der Waals surface area contributed by atoms with Crippen LogP contribution in [0.2, 0.25) is 0 Å². The minimum absolute atomic E-state index is 0.0563. The second-order valence-electron chi connectivity index (χ2n) is 8.75. The molecule has 9 nitrogen and oxygen atoms in total. The molecule has 14 heteroatoms. The number of piperidine rings is 1. The van der Waals surface area contributed by atoms with Crippen LogP contribution in [0.5, 0.6) is 0 Å². The van der Waals surface area contributed by atoms with Crippen LogP contribution in [-0.4, -0.2) is 71.2 Å². The van der Waals surface area contributed by atoms with Gasteiger partial charge in [-0.05, 0) is 50.8 Å². The van der Waals surface area contributed by atoms with Crippen LogP contribution in [0, 0.1) is 11.5 Å². The van der Waals surface area contributed by atoms with E-state index >= 15 is 0 Å². The first-order valence-electron chi connectivity index (χ1n) is 11.3. The van der Waals surface area contributed by atoms with Crippen LogP contribution in [0.3, 0.4) is 0 Å². The molecule has 5 rings (SSSR count). The van der Waals surface area contributed by atoms with Crippen molar-refractivity contribution in [3.05, 3.63) is 24.1 Å². The fourth-order valence-electron chi connectivity index (χ4n) is 4.35. The predicted molar refractivity (Wildman–Crippen MR) is 133 cm³/mol. The zero-order valence-electron chi connectivity index (χ0n) is 19.5. The number of nitrogens with zero attached hydrogens (tertiary/aromatic N) is 6. The lowest BCUT2D eigenvalue weighted by Gasteiger charge is -2.30. The molecule has 0 bridgehead atoms. The number of aliphatic imine (C=N–C) groups is 1. The summed E-state index contributed by atoms with van der Waals surface area (Å²) < 4.78 is 46.9. The summed E-state index contributed by atoms with van der Waals surface area (Å²) in [5.74, 6) is 0.626. The van der Waals surface area contributed by atoms with Gasteiger partial charge in [-0.1, -0.05) is 17.3 Å². The van der Waals surface area contributed by atoms with E-state index in [0.717, 1.165) is 36.3 Å². The van der Waals surface area contributed by atoms with Crippen LogP contribution in [0.15, 0.2) is 32.6 Å². The molecule has 0 spiro atoms. The van der Waals surface area contributed by atoms with Crippen molar-refractivity contribution in [1.82, 2.24) is 25.3 Å². The highest BCUT2D eigenvalue weighted by Crippen LogP contribution is 2.50. The van der Waals surface area contributed by atoms with Gasteiger partial charge in [-0.3, -0.25) is 5.32 Å². The molecule has 0 aliphatic carbocycles. The number of likely N-dealkylation sites (N-methyl/N-ethyl adjacent to an activating group) is 1. The molecule has 3 aromatic rings. The number of guanidine groups is 1. The summed E-state index contributed by atoms with van der Waals surface area (Å²) in [5.41, 5.74) is -3.68. The largest absolute Gasteiger partial charge is 0.446 e. The molecular formula is C22H23F3N8OS2. The van der Waals surface area contributed by atoms with Crippen molar-refractivity contribution < 1.29 is 17.7 Å². The molecule has 0 radical (unpaired) electrons. The van der Waals surface area contributed by atoms with E-state index in [1.54, 1.807) is 24.1 Å². The maximum absolute atomic E-state index is 13.6. The Morgan fingerprint density at radius 3 is 2.75 bits per heavy atom. The normalized spacial score (nSPS) is 19.5. The Balaban J connectivity index is 1.51. The lowest BCUT2D eigenvalue weighted by Crippen LogP contribution is -2.36. The van der Waals surface area contributed by atoms with Gasteiger partial charge in [-0.25, -0.2) is 4.99 Å². The minimum atomic E-state index is -4.48. The summed E-state index contributed by atoms with van der Waals surface area (Å²) in [4.78, 5) is 13.1. The summed E-state index contributed by atoms with van der Waals surface area (Å²) in [7, 11) is 3.83. The van der Waals surface area contributed by atoms with Crippen molar-refractivity contribution in [3.8, 4) is 16.9 Å². The van der Waals surface area contributed by atoms with Gasteiger partial charge in [-0.15, -0.1) is 11.3 Å². The highest BCUT2D eigenvalue weighted by atomic mass is 32.2. The molecule has 4 heterocycles. The van der Waals surface area contributed by atoms with E-state index in [2.05, 4.69) is 37.7 Å². The van der Waals surface area contributed by atoms with Gasteiger partial charge in [0.25, 0.3) is 5.89 Å². The zero-order valence-corrected chi connectivity index (χ0v) is 21.1. The van der Waals surface area contributed by atoms with Crippen molar-refractivity contribution in [2.75, 3.05) is 39.0 Å². The van der Waals surface area contributed by atoms with E-state index in [1.165, 1.54) is 11.3 Å². The third-order valence-corrected chi connectivity index (χ3v) is 8.37. The molecule has 1 aromatic carbocycles. The molecule has 1 saturated heterocycles. The van der Waals surface area contributed by atoms with Crippen LogP contribution in [0.4, 0.5) is 18.9 Å². The number of benzene rings is 1. The summed E-state index contributed by atoms with van der Waals surface area (Å²) in [6.45, 7) is 2.33. The van der Waals surface area contributed by atoms with E-state index < -0.39 is 11.6 Å². The first kappa shape index (κ1) is 24.7. The number of rotatable bonds is 5. The third kappa shape index (κ3) is 5.09. The molecule has 190 valence electrons. The van der Waals surface area contributed by atoms with E-state index in [4.69, 9.17) is 9.78 Å². The molecule has 2 N–H and O–H groups in total. The topological polar surface area (TPSA) is 106 Å². The first-order valence-corrected chi connectivity index (χ1v) is 12.9. The Labute approximate surface area is 213 Å². The summed E-state index contributed by atoms with van der Waals surface area (Å²) in [5, 5.41) is 19.4. The minimum Gasteiger partial charge on any atom is -0.381 e. The van der Waals surface area contributed by atoms with Gasteiger partial charge in [0.15, 0.2) is 12.2 Å². The number of hydrogen-bond acceptors (Lipinski definition) is 11. The number of fused-ring (bicyclic) bond motifs is 1. The molecule has 1 fully saturated rings. The summed E-state index contributed by atoms with van der Waals surface area (Å²) in [6.07, 6.45) is 3.74. The van der Waals surface area contributed by atoms with Crippen molar-refractivity contribution in [1.29, 1.82) is 5.26 Å². The molecule has 0 saturated carbocycles. The number of nitriles is 1. The number of alkyl halides is 3. The van der Waals surface area contributed by atoms with Gasteiger partial charge >= 0.3 is 5.51 Å². The smallest absolute Gasteiger partial charge is 0.381 e. The summed E-state index contributed by atoms with van der Waals surface area (Å²) >= 11 is 1.05. The van der Waals surface area contributed by atoms with Crippen LogP contribution < -0.4 is 10.6 Å². The molecule has 2 aliphatic rings. The number of thiophene rings is 1. The number of halogens is 3. The fourth-order valence-corrected chi connectivity index (χ4v) is 6.46. The second-order valence-corrected chi connectivity index (χ2v) is 10.9. The maximum atomic E-state index is 13.6. The first-order chi connectivity index (χ1) is 17.2. The Kier molecular flexibility index (Phi) is 6.71. The number of aromatic nitrogens is 2. The lowest BCUT2D eigenvalue weighted by molar-refractivity contribution is -0.0327. The number of thioether (sulfide) groups is 1. The van der Waals surface area contributed by atoms with Crippen molar-refractivity contribution in [3.63, 3.8) is 0 Å². The Morgan fingerprint density at radius 2 is 2.03 bits per heavy atom. The molecule has 0 amide bonds. The monoisotopic (exact) mass is 536 g/mol. The fraction of sp³-hybridized carbons (Fsp3) is 0.455. The van der Waals surface area contributed by atoms with Gasteiger partial charge in [0, 0.05) is 23.4 Å². The van der Waals surface area contributed by atoms with Crippen molar-refractivity contribution >= 4 is 44.8 Å². The van der Waals surface area contributed by atoms with Crippen LogP contribution >= 0.6 is 23.1 Å². The van der Waals surface area contributed by atoms with Crippen LogP contribution in [0.1, 0.15) is 24.8 Å². The quantitative estimate of drug-likeness (QED) is 0.277.